The van der Waals surface area contributed by atoms with E-state index < -0.39 is 71.7 Å². The van der Waals surface area contributed by atoms with Crippen LogP contribution in [-0.2, 0) is 4.79 Å². The second kappa shape index (κ2) is 8.91. The molecule has 0 aromatic carbocycles. The lowest BCUT2D eigenvalue weighted by atomic mass is 9.87. The van der Waals surface area contributed by atoms with Gasteiger partial charge in [0.1, 0.15) is 0 Å². The monoisotopic (exact) mass is 514 g/mol. The third kappa shape index (κ3) is 4.22. The summed E-state index contributed by atoms with van der Waals surface area (Å²) in [6.45, 7) is 3.07. The third-order valence-electron chi connectivity index (χ3n) is 5.74. The lowest BCUT2D eigenvalue weighted by Crippen LogP contribution is -2.75. The Labute approximate surface area is 180 Å². The van der Waals surface area contributed by atoms with E-state index in [0.717, 1.165) is 0 Å². The Hall–Kier alpha value is -1.54. The van der Waals surface area contributed by atoms with E-state index in [4.69, 9.17) is 0 Å². The van der Waals surface area contributed by atoms with Gasteiger partial charge in [-0.2, -0.15) is 57.1 Å². The molecular weight excluding hydrogens is 493 g/mol. The standard InChI is InChI=1S/C18H21F13NO/c1-3-9-32(12(33)4-2)10-7-5-6-8-11(32)13(19,20)14(21,22)15(23,24)16(25,26)17(27,28)18(29,30)31/h4,11H,2-3,5-10H2,1H3/q+1. The number of carbonyl (C=O) groups is 1. The smallest absolute Gasteiger partial charge is 0.249 e. The molecule has 2 atom stereocenters. The Morgan fingerprint density at radius 3 is 1.73 bits per heavy atom. The van der Waals surface area contributed by atoms with Gasteiger partial charge < -0.3 is 0 Å². The van der Waals surface area contributed by atoms with Crippen LogP contribution in [0.4, 0.5) is 57.1 Å². The first-order valence-electron chi connectivity index (χ1n) is 9.63. The number of hydrogen-bond donors (Lipinski definition) is 0. The topological polar surface area (TPSA) is 17.1 Å². The highest BCUT2D eigenvalue weighted by Gasteiger charge is 2.92. The van der Waals surface area contributed by atoms with Crippen molar-refractivity contribution in [3.8, 4) is 0 Å². The molecule has 2 nitrogen and oxygen atoms in total. The van der Waals surface area contributed by atoms with Gasteiger partial charge in [-0.3, -0.25) is 0 Å². The van der Waals surface area contributed by atoms with Gasteiger partial charge in [0.2, 0.25) is 0 Å². The molecule has 1 rings (SSSR count). The van der Waals surface area contributed by atoms with Crippen LogP contribution in [0.25, 0.3) is 0 Å². The van der Waals surface area contributed by atoms with Crippen LogP contribution in [0, 0.1) is 0 Å². The zero-order chi connectivity index (χ0) is 26.3. The summed E-state index contributed by atoms with van der Waals surface area (Å²) in [4.78, 5) is 12.4. The molecule has 0 aliphatic carbocycles. The summed E-state index contributed by atoms with van der Waals surface area (Å²) < 4.78 is 175. The van der Waals surface area contributed by atoms with Gasteiger partial charge in [0.25, 0.3) is 0 Å². The number of rotatable bonds is 8. The number of likely N-dealkylation sites (tertiary alicyclic amines) is 1. The number of quaternary nitrogens is 1. The molecule has 1 fully saturated rings. The van der Waals surface area contributed by atoms with E-state index in [2.05, 4.69) is 6.58 Å². The maximum Gasteiger partial charge on any atom is 0.460 e. The van der Waals surface area contributed by atoms with Crippen LogP contribution in [0.2, 0.25) is 0 Å². The number of nitrogens with zero attached hydrogens (tertiary/aromatic N) is 1. The maximum atomic E-state index is 15.0. The van der Waals surface area contributed by atoms with Crippen LogP contribution in [0.5, 0.6) is 0 Å². The molecule has 1 heterocycles. The number of amides is 1. The van der Waals surface area contributed by atoms with Crippen LogP contribution in [0.15, 0.2) is 12.7 Å². The molecule has 2 unspecified atom stereocenters. The molecule has 33 heavy (non-hydrogen) atoms. The number of carbonyl (C=O) groups excluding carboxylic acids is 1. The van der Waals surface area contributed by atoms with E-state index in [0.29, 0.717) is 6.08 Å². The third-order valence-corrected chi connectivity index (χ3v) is 5.74. The fourth-order valence-corrected chi connectivity index (χ4v) is 4.02. The van der Waals surface area contributed by atoms with Crippen molar-refractivity contribution in [1.82, 2.24) is 0 Å². The Morgan fingerprint density at radius 2 is 1.30 bits per heavy atom. The first-order valence-corrected chi connectivity index (χ1v) is 9.63. The Kier molecular flexibility index (Phi) is 7.97. The predicted octanol–water partition coefficient (Wildman–Crippen LogP) is 6.61. The van der Waals surface area contributed by atoms with Gasteiger partial charge in [-0.1, -0.05) is 13.5 Å². The van der Waals surface area contributed by atoms with Crippen molar-refractivity contribution in [1.29, 1.82) is 0 Å². The summed E-state index contributed by atoms with van der Waals surface area (Å²) in [7, 11) is 0. The van der Waals surface area contributed by atoms with Crippen molar-refractivity contribution < 1.29 is 66.4 Å². The molecule has 0 N–H and O–H groups in total. The highest BCUT2D eigenvalue weighted by Crippen LogP contribution is 2.61. The first-order chi connectivity index (χ1) is 14.6. The zero-order valence-electron chi connectivity index (χ0n) is 17.1. The Balaban J connectivity index is 3.77. The molecule has 0 aromatic rings. The van der Waals surface area contributed by atoms with Crippen molar-refractivity contribution in [2.24, 2.45) is 0 Å². The van der Waals surface area contributed by atoms with Gasteiger partial charge in [-0.25, -0.2) is 9.28 Å². The van der Waals surface area contributed by atoms with E-state index in [9.17, 15) is 53.1 Å². The van der Waals surface area contributed by atoms with Gasteiger partial charge in [0.05, 0.1) is 13.1 Å². The second-order valence-corrected chi connectivity index (χ2v) is 7.81. The summed E-state index contributed by atoms with van der Waals surface area (Å²) in [5, 5.41) is 0. The van der Waals surface area contributed by atoms with Crippen LogP contribution >= 0.6 is 0 Å². The van der Waals surface area contributed by atoms with Crippen LogP contribution in [0.3, 0.4) is 0 Å². The molecule has 0 saturated carbocycles. The lowest BCUT2D eigenvalue weighted by Gasteiger charge is -2.47. The molecule has 194 valence electrons. The van der Waals surface area contributed by atoms with E-state index in [1.807, 2.05) is 0 Å². The summed E-state index contributed by atoms with van der Waals surface area (Å²) in [5.74, 6) is -38.7. The normalized spacial score (nSPS) is 24.4. The minimum absolute atomic E-state index is 0.0452. The summed E-state index contributed by atoms with van der Waals surface area (Å²) in [6, 6.07) is -3.12. The quantitative estimate of drug-likeness (QED) is 0.203. The predicted molar refractivity (Wildman–Crippen MR) is 88.5 cm³/mol. The van der Waals surface area contributed by atoms with E-state index >= 15 is 8.78 Å². The zero-order valence-corrected chi connectivity index (χ0v) is 17.1. The van der Waals surface area contributed by atoms with Crippen LogP contribution in [-0.4, -0.2) is 65.3 Å². The SMILES string of the molecule is C=CC(=O)[N+]1(CCC)CCCCCC1C(F)(F)C(F)(F)C(F)(F)C(F)(F)C(F)(F)C(F)(F)F. The Bertz CT molecular complexity index is 731. The lowest BCUT2D eigenvalue weighted by molar-refractivity contribution is -0.889. The summed E-state index contributed by atoms with van der Waals surface area (Å²) >= 11 is 0. The number of hydrogen-bond acceptors (Lipinski definition) is 1. The minimum Gasteiger partial charge on any atom is -0.249 e. The van der Waals surface area contributed by atoms with Gasteiger partial charge in [0, 0.05) is 12.5 Å². The first kappa shape index (κ1) is 29.5. The highest BCUT2D eigenvalue weighted by atomic mass is 19.4. The molecule has 1 amide bonds. The van der Waals surface area contributed by atoms with Crippen LogP contribution in [0.1, 0.15) is 39.0 Å². The van der Waals surface area contributed by atoms with E-state index in [-0.39, 0.29) is 25.7 Å². The van der Waals surface area contributed by atoms with Crippen molar-refractivity contribution in [3.05, 3.63) is 12.7 Å². The number of halogens is 13. The van der Waals surface area contributed by atoms with Crippen LogP contribution < -0.4 is 0 Å². The fraction of sp³-hybridized carbons (Fsp3) is 0.833. The van der Waals surface area contributed by atoms with E-state index in [1.54, 1.807) is 0 Å². The summed E-state index contributed by atoms with van der Waals surface area (Å²) in [6.07, 6.45) is -8.64. The van der Waals surface area contributed by atoms with Crippen molar-refractivity contribution in [2.45, 2.75) is 80.9 Å². The summed E-state index contributed by atoms with van der Waals surface area (Å²) in [5.41, 5.74) is 0. The average Bonchev–Trinajstić information content (AvgIpc) is 2.89. The van der Waals surface area contributed by atoms with Crippen molar-refractivity contribution in [2.75, 3.05) is 13.1 Å². The second-order valence-electron chi connectivity index (χ2n) is 7.81. The molecule has 15 heteroatoms. The van der Waals surface area contributed by atoms with Gasteiger partial charge in [0.15, 0.2) is 6.04 Å². The van der Waals surface area contributed by atoms with Gasteiger partial charge in [-0.15, -0.1) is 0 Å². The van der Waals surface area contributed by atoms with Gasteiger partial charge >= 0.3 is 41.7 Å². The molecule has 0 bridgehead atoms. The van der Waals surface area contributed by atoms with Gasteiger partial charge in [-0.05, 0) is 25.7 Å². The highest BCUT2D eigenvalue weighted by molar-refractivity contribution is 5.81. The van der Waals surface area contributed by atoms with Crippen molar-refractivity contribution >= 4 is 5.91 Å². The molecule has 0 aromatic heterocycles. The Morgan fingerprint density at radius 1 is 0.818 bits per heavy atom. The largest absolute Gasteiger partial charge is 0.460 e. The average molecular weight is 514 g/mol. The maximum absolute atomic E-state index is 15.0. The fourth-order valence-electron chi connectivity index (χ4n) is 4.02. The van der Waals surface area contributed by atoms with Crippen molar-refractivity contribution in [3.63, 3.8) is 0 Å². The molecule has 0 spiro atoms. The number of alkyl halides is 13. The molecular formula is C18H21F13NO+. The van der Waals surface area contributed by atoms with E-state index in [1.165, 1.54) is 6.92 Å². The molecule has 1 aliphatic heterocycles. The molecule has 1 aliphatic rings. The minimum atomic E-state index is -7.96. The molecule has 1 saturated heterocycles. The molecule has 0 radical (unpaired) electrons.